The van der Waals surface area contributed by atoms with Crippen molar-refractivity contribution in [2.45, 2.75) is 24.3 Å². The average Bonchev–Trinajstić information content (AvgIpc) is 2.60. The molecule has 1 atom stereocenters. The largest absolute Gasteiger partial charge is 0.298 e. The standard InChI is InChI=1S/C11H13NO3S/c1-9-7-10(13)8-12(9)16(14,15)11-5-3-2-4-6-11/h2-6,9H,7-8H2,1H3. The van der Waals surface area contributed by atoms with Gasteiger partial charge in [0.2, 0.25) is 10.0 Å². The first-order valence-corrected chi connectivity index (χ1v) is 6.54. The van der Waals surface area contributed by atoms with Crippen molar-refractivity contribution in [1.29, 1.82) is 0 Å². The Labute approximate surface area is 94.9 Å². The molecule has 0 N–H and O–H groups in total. The van der Waals surface area contributed by atoms with Gasteiger partial charge in [-0.3, -0.25) is 4.79 Å². The smallest absolute Gasteiger partial charge is 0.243 e. The van der Waals surface area contributed by atoms with Crippen LogP contribution in [0.4, 0.5) is 0 Å². The van der Waals surface area contributed by atoms with Crippen molar-refractivity contribution < 1.29 is 13.2 Å². The quantitative estimate of drug-likeness (QED) is 0.774. The van der Waals surface area contributed by atoms with E-state index >= 15 is 0 Å². The number of Topliss-reactive ketones (excluding diaryl/α,β-unsaturated/α-hetero) is 1. The first-order chi connectivity index (χ1) is 7.51. The van der Waals surface area contributed by atoms with Crippen LogP contribution in [-0.2, 0) is 14.8 Å². The first-order valence-electron chi connectivity index (χ1n) is 5.10. The van der Waals surface area contributed by atoms with Crippen LogP contribution >= 0.6 is 0 Å². The predicted octanol–water partition coefficient (Wildman–Crippen LogP) is 1.04. The summed E-state index contributed by atoms with van der Waals surface area (Å²) >= 11 is 0. The second-order valence-electron chi connectivity index (χ2n) is 3.96. The summed E-state index contributed by atoms with van der Waals surface area (Å²) in [6, 6.07) is 7.97. The van der Waals surface area contributed by atoms with Crippen LogP contribution in [0.3, 0.4) is 0 Å². The number of ketones is 1. The van der Waals surface area contributed by atoms with Crippen molar-refractivity contribution in [3.05, 3.63) is 30.3 Å². The minimum Gasteiger partial charge on any atom is -0.298 e. The first kappa shape index (κ1) is 11.3. The number of hydrogen-bond donors (Lipinski definition) is 0. The fourth-order valence-corrected chi connectivity index (χ4v) is 3.51. The molecule has 1 unspecified atom stereocenters. The van der Waals surface area contributed by atoms with Gasteiger partial charge in [0.05, 0.1) is 11.4 Å². The van der Waals surface area contributed by atoms with E-state index in [0.29, 0.717) is 6.42 Å². The summed E-state index contributed by atoms with van der Waals surface area (Å²) in [6.45, 7) is 1.75. The molecule has 1 aliphatic rings. The Kier molecular flexibility index (Phi) is 2.82. The van der Waals surface area contributed by atoms with Crippen LogP contribution in [0.5, 0.6) is 0 Å². The number of nitrogens with zero attached hydrogens (tertiary/aromatic N) is 1. The molecule has 1 aliphatic heterocycles. The van der Waals surface area contributed by atoms with Crippen LogP contribution < -0.4 is 0 Å². The van der Waals surface area contributed by atoms with Gasteiger partial charge in [-0.05, 0) is 19.1 Å². The fourth-order valence-electron chi connectivity index (χ4n) is 1.88. The second-order valence-corrected chi connectivity index (χ2v) is 5.85. The molecule has 2 rings (SSSR count). The summed E-state index contributed by atoms with van der Waals surface area (Å²) < 4.78 is 25.6. The molecule has 1 aromatic carbocycles. The molecule has 0 saturated carbocycles. The monoisotopic (exact) mass is 239 g/mol. The number of benzene rings is 1. The topological polar surface area (TPSA) is 54.5 Å². The highest BCUT2D eigenvalue weighted by Crippen LogP contribution is 2.23. The molecule has 1 aromatic rings. The summed E-state index contributed by atoms with van der Waals surface area (Å²) in [4.78, 5) is 11.5. The van der Waals surface area contributed by atoms with Crippen molar-refractivity contribution in [3.8, 4) is 0 Å². The number of carbonyl (C=O) groups is 1. The Bertz CT molecular complexity index is 495. The third-order valence-corrected chi connectivity index (χ3v) is 4.67. The van der Waals surface area contributed by atoms with E-state index in [4.69, 9.17) is 0 Å². The molecule has 1 saturated heterocycles. The molecule has 1 heterocycles. The number of hydrogen-bond acceptors (Lipinski definition) is 3. The Morgan fingerprint density at radius 2 is 1.88 bits per heavy atom. The Hall–Kier alpha value is -1.20. The number of carbonyl (C=O) groups excluding carboxylic acids is 1. The molecule has 5 heteroatoms. The zero-order valence-corrected chi connectivity index (χ0v) is 9.78. The van der Waals surface area contributed by atoms with Gasteiger partial charge in [0.15, 0.2) is 0 Å². The van der Waals surface area contributed by atoms with E-state index < -0.39 is 10.0 Å². The zero-order valence-electron chi connectivity index (χ0n) is 8.96. The van der Waals surface area contributed by atoms with Gasteiger partial charge in [-0.15, -0.1) is 0 Å². The lowest BCUT2D eigenvalue weighted by Gasteiger charge is -2.19. The summed E-state index contributed by atoms with van der Waals surface area (Å²) in [5, 5.41) is 0. The van der Waals surface area contributed by atoms with Gasteiger partial charge in [0.1, 0.15) is 5.78 Å². The van der Waals surface area contributed by atoms with E-state index in [1.807, 2.05) is 0 Å². The van der Waals surface area contributed by atoms with Crippen LogP contribution in [0, 0.1) is 0 Å². The molecule has 1 fully saturated rings. The minimum absolute atomic E-state index is 0.00159. The van der Waals surface area contributed by atoms with Crippen LogP contribution in [-0.4, -0.2) is 31.1 Å². The second kappa shape index (κ2) is 3.99. The van der Waals surface area contributed by atoms with Crippen molar-refractivity contribution in [1.82, 2.24) is 4.31 Å². The Balaban J connectivity index is 2.37. The van der Waals surface area contributed by atoms with Gasteiger partial charge < -0.3 is 0 Å². The highest BCUT2D eigenvalue weighted by atomic mass is 32.2. The van der Waals surface area contributed by atoms with Gasteiger partial charge in [0.25, 0.3) is 0 Å². The third kappa shape index (κ3) is 1.88. The van der Waals surface area contributed by atoms with E-state index in [-0.39, 0.29) is 23.3 Å². The zero-order chi connectivity index (χ0) is 11.8. The molecule has 0 spiro atoms. The van der Waals surface area contributed by atoms with E-state index in [1.165, 1.54) is 4.31 Å². The van der Waals surface area contributed by atoms with Crippen molar-refractivity contribution in [3.63, 3.8) is 0 Å². The summed E-state index contributed by atoms with van der Waals surface area (Å²) in [5.41, 5.74) is 0. The number of sulfonamides is 1. The molecule has 86 valence electrons. The summed E-state index contributed by atoms with van der Waals surface area (Å²) in [7, 11) is -3.51. The highest BCUT2D eigenvalue weighted by Gasteiger charge is 2.36. The maximum Gasteiger partial charge on any atom is 0.243 e. The lowest BCUT2D eigenvalue weighted by Crippen LogP contribution is -2.34. The average molecular weight is 239 g/mol. The van der Waals surface area contributed by atoms with Gasteiger partial charge in [-0.25, -0.2) is 8.42 Å². The van der Waals surface area contributed by atoms with Gasteiger partial charge >= 0.3 is 0 Å². The van der Waals surface area contributed by atoms with Crippen LogP contribution in [0.1, 0.15) is 13.3 Å². The van der Waals surface area contributed by atoms with Crippen molar-refractivity contribution in [2.24, 2.45) is 0 Å². The van der Waals surface area contributed by atoms with Gasteiger partial charge in [-0.2, -0.15) is 4.31 Å². The van der Waals surface area contributed by atoms with Gasteiger partial charge in [0, 0.05) is 12.5 Å². The molecule has 0 aromatic heterocycles. The molecule has 0 radical (unpaired) electrons. The Morgan fingerprint density at radius 3 is 2.38 bits per heavy atom. The molecule has 4 nitrogen and oxygen atoms in total. The van der Waals surface area contributed by atoms with E-state index in [9.17, 15) is 13.2 Å². The Morgan fingerprint density at radius 1 is 1.25 bits per heavy atom. The molecule has 16 heavy (non-hydrogen) atoms. The lowest BCUT2D eigenvalue weighted by molar-refractivity contribution is -0.116. The molecule has 0 aliphatic carbocycles. The van der Waals surface area contributed by atoms with Crippen molar-refractivity contribution in [2.75, 3.05) is 6.54 Å². The van der Waals surface area contributed by atoms with Crippen LogP contribution in [0.25, 0.3) is 0 Å². The van der Waals surface area contributed by atoms with E-state index in [0.717, 1.165) is 0 Å². The summed E-state index contributed by atoms with van der Waals surface area (Å²) in [5.74, 6) is -0.0213. The molecular formula is C11H13NO3S. The SMILES string of the molecule is CC1CC(=O)CN1S(=O)(=O)c1ccccc1. The molecule has 0 amide bonds. The minimum atomic E-state index is -3.51. The molecule has 0 bridgehead atoms. The predicted molar refractivity (Wildman–Crippen MR) is 59.4 cm³/mol. The maximum absolute atomic E-state index is 12.2. The third-order valence-electron chi connectivity index (χ3n) is 2.70. The highest BCUT2D eigenvalue weighted by molar-refractivity contribution is 7.89. The van der Waals surface area contributed by atoms with Crippen molar-refractivity contribution >= 4 is 15.8 Å². The van der Waals surface area contributed by atoms with E-state index in [2.05, 4.69) is 0 Å². The number of rotatable bonds is 2. The normalized spacial score (nSPS) is 22.6. The van der Waals surface area contributed by atoms with Crippen LogP contribution in [0.15, 0.2) is 35.2 Å². The van der Waals surface area contributed by atoms with Crippen LogP contribution in [0.2, 0.25) is 0 Å². The fraction of sp³-hybridized carbons (Fsp3) is 0.364. The molecular weight excluding hydrogens is 226 g/mol. The maximum atomic E-state index is 12.2. The lowest BCUT2D eigenvalue weighted by atomic mass is 10.2. The van der Waals surface area contributed by atoms with E-state index in [1.54, 1.807) is 37.3 Å². The van der Waals surface area contributed by atoms with Gasteiger partial charge in [-0.1, -0.05) is 18.2 Å². The summed E-state index contributed by atoms with van der Waals surface area (Å²) in [6.07, 6.45) is 0.312.